The minimum absolute atomic E-state index is 0.785. The largest absolute Gasteiger partial charge is 0.314 e. The molecule has 0 heterocycles. The zero-order chi connectivity index (χ0) is 8.97. The van der Waals surface area contributed by atoms with Crippen molar-refractivity contribution in [3.63, 3.8) is 0 Å². The van der Waals surface area contributed by atoms with Gasteiger partial charge in [-0.25, -0.2) is 0 Å². The van der Waals surface area contributed by atoms with Gasteiger partial charge in [-0.3, -0.25) is 0 Å². The maximum absolute atomic E-state index is 3.60. The normalized spacial score (nSPS) is 22.2. The van der Waals surface area contributed by atoms with E-state index in [1.54, 1.807) is 0 Å². The molecule has 0 aromatic rings. The second-order valence-corrected chi connectivity index (χ2v) is 4.15. The van der Waals surface area contributed by atoms with Crippen molar-refractivity contribution >= 4 is 0 Å². The molecule has 0 aromatic carbocycles. The molecule has 0 radical (unpaired) electrons. The average Bonchev–Trinajstić information content (AvgIpc) is 2.85. The quantitative estimate of drug-likeness (QED) is 0.644. The molecule has 0 spiro atoms. The molecule has 1 saturated carbocycles. The van der Waals surface area contributed by atoms with Crippen LogP contribution in [0.2, 0.25) is 0 Å². The Morgan fingerprint density at radius 3 is 2.42 bits per heavy atom. The van der Waals surface area contributed by atoms with E-state index >= 15 is 0 Å². The highest BCUT2D eigenvalue weighted by molar-refractivity contribution is 4.86. The summed E-state index contributed by atoms with van der Waals surface area (Å²) in [6.07, 6.45) is 5.62. The Kier molecular flexibility index (Phi) is 4.07. The average molecular weight is 169 g/mol. The van der Waals surface area contributed by atoms with E-state index in [1.165, 1.54) is 25.7 Å². The highest BCUT2D eigenvalue weighted by Gasteiger charge is 2.32. The summed E-state index contributed by atoms with van der Waals surface area (Å²) in [6.45, 7) is 8.04. The monoisotopic (exact) mass is 169 g/mol. The molecule has 1 rings (SSSR count). The van der Waals surface area contributed by atoms with Crippen molar-refractivity contribution in [2.45, 2.75) is 52.5 Å². The van der Waals surface area contributed by atoms with Crippen LogP contribution in [-0.4, -0.2) is 12.6 Å². The lowest BCUT2D eigenvalue weighted by atomic mass is 9.93. The smallest absolute Gasteiger partial charge is 0.00951 e. The van der Waals surface area contributed by atoms with Gasteiger partial charge in [-0.1, -0.05) is 27.2 Å². The third-order valence-corrected chi connectivity index (χ3v) is 3.07. The molecule has 0 amide bonds. The lowest BCUT2D eigenvalue weighted by molar-refractivity contribution is 0.327. The third kappa shape index (κ3) is 2.78. The molecular formula is C11H23N. The van der Waals surface area contributed by atoms with E-state index in [4.69, 9.17) is 0 Å². The first kappa shape index (κ1) is 10.0. The van der Waals surface area contributed by atoms with Crippen LogP contribution in [0.15, 0.2) is 0 Å². The fourth-order valence-electron chi connectivity index (χ4n) is 2.07. The van der Waals surface area contributed by atoms with Crippen LogP contribution in [0.3, 0.4) is 0 Å². The number of rotatable bonds is 6. The van der Waals surface area contributed by atoms with Crippen molar-refractivity contribution in [2.24, 2.45) is 11.8 Å². The van der Waals surface area contributed by atoms with Crippen molar-refractivity contribution in [3.05, 3.63) is 0 Å². The Hall–Kier alpha value is -0.0400. The fraction of sp³-hybridized carbons (Fsp3) is 1.00. The van der Waals surface area contributed by atoms with Gasteiger partial charge in [0.25, 0.3) is 0 Å². The van der Waals surface area contributed by atoms with E-state index in [9.17, 15) is 0 Å². The van der Waals surface area contributed by atoms with E-state index in [0.29, 0.717) is 0 Å². The van der Waals surface area contributed by atoms with Gasteiger partial charge in [-0.15, -0.1) is 0 Å². The van der Waals surface area contributed by atoms with Crippen molar-refractivity contribution in [1.29, 1.82) is 0 Å². The van der Waals surface area contributed by atoms with E-state index < -0.39 is 0 Å². The molecule has 0 saturated heterocycles. The maximum Gasteiger partial charge on any atom is 0.00951 e. The first-order chi connectivity index (χ1) is 5.79. The summed E-state index contributed by atoms with van der Waals surface area (Å²) >= 11 is 0. The molecule has 1 nitrogen and oxygen atoms in total. The van der Waals surface area contributed by atoms with Gasteiger partial charge >= 0.3 is 0 Å². The van der Waals surface area contributed by atoms with E-state index in [1.807, 2.05) is 0 Å². The van der Waals surface area contributed by atoms with Crippen LogP contribution in [0.1, 0.15) is 46.5 Å². The first-order valence-electron chi connectivity index (χ1n) is 5.53. The summed E-state index contributed by atoms with van der Waals surface area (Å²) in [5.41, 5.74) is 0. The Labute approximate surface area is 76.9 Å². The minimum Gasteiger partial charge on any atom is -0.314 e. The molecule has 12 heavy (non-hydrogen) atoms. The molecule has 0 aromatic heterocycles. The summed E-state index contributed by atoms with van der Waals surface area (Å²) in [5.74, 6) is 1.95. The van der Waals surface area contributed by atoms with Crippen LogP contribution in [0.5, 0.6) is 0 Å². The second kappa shape index (κ2) is 4.86. The molecule has 1 aliphatic rings. The predicted molar refractivity (Wildman–Crippen MR) is 54.3 cm³/mol. The fourth-order valence-corrected chi connectivity index (χ4v) is 2.07. The predicted octanol–water partition coefficient (Wildman–Crippen LogP) is 2.81. The second-order valence-electron chi connectivity index (χ2n) is 4.15. The zero-order valence-corrected chi connectivity index (χ0v) is 8.77. The number of hydrogen-bond acceptors (Lipinski definition) is 1. The summed E-state index contributed by atoms with van der Waals surface area (Å²) < 4.78 is 0. The molecule has 1 aliphatic carbocycles. The molecule has 1 heteroatoms. The lowest BCUT2D eigenvalue weighted by Crippen LogP contribution is -2.35. The highest BCUT2D eigenvalue weighted by atomic mass is 14.9. The van der Waals surface area contributed by atoms with Gasteiger partial charge < -0.3 is 5.32 Å². The SMILES string of the molecule is CCCC(NCC)C(C)C1CC1. The Balaban J connectivity index is 2.28. The maximum atomic E-state index is 3.60. The van der Waals surface area contributed by atoms with Gasteiger partial charge in [0.2, 0.25) is 0 Å². The van der Waals surface area contributed by atoms with Crippen molar-refractivity contribution in [1.82, 2.24) is 5.32 Å². The molecule has 0 aliphatic heterocycles. The molecule has 0 bridgehead atoms. The van der Waals surface area contributed by atoms with Gasteiger partial charge in [0.1, 0.15) is 0 Å². The van der Waals surface area contributed by atoms with Crippen LogP contribution in [0, 0.1) is 11.8 Å². The van der Waals surface area contributed by atoms with Gasteiger partial charge in [0.15, 0.2) is 0 Å². The van der Waals surface area contributed by atoms with Gasteiger partial charge in [0.05, 0.1) is 0 Å². The molecular weight excluding hydrogens is 146 g/mol. The number of hydrogen-bond donors (Lipinski definition) is 1. The van der Waals surface area contributed by atoms with Crippen LogP contribution >= 0.6 is 0 Å². The Bertz CT molecular complexity index is 112. The zero-order valence-electron chi connectivity index (χ0n) is 8.77. The van der Waals surface area contributed by atoms with E-state index in [-0.39, 0.29) is 0 Å². The summed E-state index contributed by atoms with van der Waals surface area (Å²) in [7, 11) is 0. The van der Waals surface area contributed by atoms with E-state index in [2.05, 4.69) is 26.1 Å². The molecule has 2 atom stereocenters. The lowest BCUT2D eigenvalue weighted by Gasteiger charge is -2.24. The number of nitrogens with one attached hydrogen (secondary N) is 1. The van der Waals surface area contributed by atoms with Crippen LogP contribution in [0.25, 0.3) is 0 Å². The van der Waals surface area contributed by atoms with Crippen molar-refractivity contribution < 1.29 is 0 Å². The van der Waals surface area contributed by atoms with Gasteiger partial charge in [-0.05, 0) is 37.6 Å². The highest BCUT2D eigenvalue weighted by Crippen LogP contribution is 2.38. The standard InChI is InChI=1S/C11H23N/c1-4-6-11(12-5-2)9(3)10-7-8-10/h9-12H,4-8H2,1-3H3. The van der Waals surface area contributed by atoms with Crippen LogP contribution in [0.4, 0.5) is 0 Å². The Morgan fingerprint density at radius 2 is 2.00 bits per heavy atom. The topological polar surface area (TPSA) is 12.0 Å². The molecule has 72 valence electrons. The summed E-state index contributed by atoms with van der Waals surface area (Å²) in [5, 5.41) is 3.60. The Morgan fingerprint density at radius 1 is 1.33 bits per heavy atom. The van der Waals surface area contributed by atoms with Crippen molar-refractivity contribution in [2.75, 3.05) is 6.54 Å². The summed E-state index contributed by atoms with van der Waals surface area (Å²) in [4.78, 5) is 0. The van der Waals surface area contributed by atoms with E-state index in [0.717, 1.165) is 24.4 Å². The van der Waals surface area contributed by atoms with Crippen molar-refractivity contribution in [3.8, 4) is 0 Å². The molecule has 1 fully saturated rings. The third-order valence-electron chi connectivity index (χ3n) is 3.07. The van der Waals surface area contributed by atoms with Gasteiger partial charge in [-0.2, -0.15) is 0 Å². The van der Waals surface area contributed by atoms with Gasteiger partial charge in [0, 0.05) is 6.04 Å². The summed E-state index contributed by atoms with van der Waals surface area (Å²) in [6, 6.07) is 0.785. The van der Waals surface area contributed by atoms with Crippen LogP contribution < -0.4 is 5.32 Å². The molecule has 2 unspecified atom stereocenters. The first-order valence-corrected chi connectivity index (χ1v) is 5.53. The minimum atomic E-state index is 0.785. The molecule has 1 N–H and O–H groups in total. The van der Waals surface area contributed by atoms with Crippen LogP contribution in [-0.2, 0) is 0 Å².